The van der Waals surface area contributed by atoms with Crippen LogP contribution in [0.25, 0.3) is 22.3 Å². The summed E-state index contributed by atoms with van der Waals surface area (Å²) in [5.74, 6) is 0.768. The van der Waals surface area contributed by atoms with Crippen molar-refractivity contribution in [2.45, 2.75) is 38.8 Å². The molecule has 1 unspecified atom stereocenters. The summed E-state index contributed by atoms with van der Waals surface area (Å²) in [4.78, 5) is 34.1. The van der Waals surface area contributed by atoms with Crippen molar-refractivity contribution in [3.05, 3.63) is 71.7 Å². The number of hydrogen-bond donors (Lipinski definition) is 2. The number of nitrogens with zero attached hydrogens (tertiary/aromatic N) is 3. The number of nitrogens with one attached hydrogen (secondary N) is 2. The van der Waals surface area contributed by atoms with Crippen LogP contribution in [0.1, 0.15) is 36.8 Å². The predicted octanol–water partition coefficient (Wildman–Crippen LogP) is 4.00. The molecule has 0 bridgehead atoms. The lowest BCUT2D eigenvalue weighted by atomic mass is 10.0. The van der Waals surface area contributed by atoms with E-state index in [2.05, 4.69) is 34.3 Å². The molecule has 1 atom stereocenters. The molecule has 1 aliphatic rings. The van der Waals surface area contributed by atoms with Gasteiger partial charge >= 0.3 is 6.03 Å². The van der Waals surface area contributed by atoms with Gasteiger partial charge in [-0.2, -0.15) is 4.98 Å². The molecule has 2 N–H and O–H groups in total. The van der Waals surface area contributed by atoms with Crippen LogP contribution < -0.4 is 5.32 Å². The maximum Gasteiger partial charge on any atom is 0.325 e. The lowest BCUT2D eigenvalue weighted by Gasteiger charge is -2.10. The van der Waals surface area contributed by atoms with Crippen molar-refractivity contribution in [1.29, 1.82) is 0 Å². The van der Waals surface area contributed by atoms with Gasteiger partial charge in [-0.3, -0.25) is 9.69 Å². The second-order valence-corrected chi connectivity index (χ2v) is 8.28. The normalized spacial score (nSPS) is 16.3. The summed E-state index contributed by atoms with van der Waals surface area (Å²) >= 11 is 0. The molecule has 0 aliphatic carbocycles. The molecule has 8 nitrogen and oxygen atoms in total. The molecule has 3 amide bonds. The van der Waals surface area contributed by atoms with Crippen molar-refractivity contribution < 1.29 is 14.1 Å². The number of aromatic nitrogens is 3. The van der Waals surface area contributed by atoms with Crippen LogP contribution in [-0.4, -0.2) is 38.0 Å². The Morgan fingerprint density at radius 1 is 1.09 bits per heavy atom. The van der Waals surface area contributed by atoms with Gasteiger partial charge in [0.1, 0.15) is 12.6 Å². The van der Waals surface area contributed by atoms with Crippen LogP contribution in [0, 0.1) is 0 Å². The minimum atomic E-state index is -0.632. The number of imide groups is 1. The summed E-state index contributed by atoms with van der Waals surface area (Å²) < 4.78 is 5.31. The predicted molar refractivity (Wildman–Crippen MR) is 119 cm³/mol. The number of amides is 3. The van der Waals surface area contributed by atoms with Gasteiger partial charge in [0.2, 0.25) is 11.7 Å². The molecule has 1 aliphatic heterocycles. The molecule has 3 heterocycles. The number of urea groups is 1. The highest BCUT2D eigenvalue weighted by atomic mass is 16.5. The zero-order chi connectivity index (χ0) is 22.2. The fraction of sp³-hybridized carbons (Fsp3) is 0.250. The molecule has 2 aromatic carbocycles. The first kappa shape index (κ1) is 20.0. The van der Waals surface area contributed by atoms with Crippen molar-refractivity contribution in [3.8, 4) is 11.4 Å². The van der Waals surface area contributed by atoms with Gasteiger partial charge in [0.05, 0.1) is 0 Å². The smallest absolute Gasteiger partial charge is 0.325 e. The van der Waals surface area contributed by atoms with Crippen LogP contribution in [0.15, 0.2) is 59.3 Å². The molecule has 8 heteroatoms. The molecule has 1 saturated heterocycles. The first-order chi connectivity index (χ1) is 15.5. The Morgan fingerprint density at radius 2 is 1.88 bits per heavy atom. The molecule has 32 heavy (non-hydrogen) atoms. The minimum Gasteiger partial charge on any atom is -0.361 e. The summed E-state index contributed by atoms with van der Waals surface area (Å²) in [5.41, 5.74) is 4.01. The number of aromatic amines is 1. The molecule has 1 fully saturated rings. The number of carbonyl (C=O) groups excluding carboxylic acids is 2. The van der Waals surface area contributed by atoms with Gasteiger partial charge in [-0.1, -0.05) is 61.5 Å². The number of carbonyl (C=O) groups is 2. The topological polar surface area (TPSA) is 104 Å². The van der Waals surface area contributed by atoms with Crippen molar-refractivity contribution in [1.82, 2.24) is 25.3 Å². The number of hydrogen-bond acceptors (Lipinski definition) is 5. The minimum absolute atomic E-state index is 0.0634. The average Bonchev–Trinajstić information content (AvgIpc) is 3.49. The van der Waals surface area contributed by atoms with Gasteiger partial charge in [0, 0.05) is 29.1 Å². The van der Waals surface area contributed by atoms with Crippen molar-refractivity contribution in [2.24, 2.45) is 0 Å². The highest BCUT2D eigenvalue weighted by Crippen LogP contribution is 2.23. The maximum atomic E-state index is 12.9. The van der Waals surface area contributed by atoms with Gasteiger partial charge < -0.3 is 14.8 Å². The van der Waals surface area contributed by atoms with E-state index in [-0.39, 0.29) is 18.3 Å². The second-order valence-electron chi connectivity index (χ2n) is 8.28. The van der Waals surface area contributed by atoms with Gasteiger partial charge in [-0.05, 0) is 23.1 Å². The Kier molecular flexibility index (Phi) is 4.97. The lowest BCUT2D eigenvalue weighted by molar-refractivity contribution is -0.128. The summed E-state index contributed by atoms with van der Waals surface area (Å²) in [7, 11) is 0. The van der Waals surface area contributed by atoms with Gasteiger partial charge in [0.25, 0.3) is 5.91 Å². The van der Waals surface area contributed by atoms with Crippen LogP contribution in [0.4, 0.5) is 4.79 Å². The highest BCUT2D eigenvalue weighted by molar-refractivity contribution is 6.04. The fourth-order valence-corrected chi connectivity index (χ4v) is 3.97. The summed E-state index contributed by atoms with van der Waals surface area (Å²) in [6, 6.07) is 14.7. The Morgan fingerprint density at radius 3 is 2.66 bits per heavy atom. The fourth-order valence-electron chi connectivity index (χ4n) is 3.97. The monoisotopic (exact) mass is 429 g/mol. The van der Waals surface area contributed by atoms with Crippen molar-refractivity contribution in [2.75, 3.05) is 0 Å². The van der Waals surface area contributed by atoms with Gasteiger partial charge in [-0.25, -0.2) is 4.79 Å². The standard InChI is InChI=1S/C24H23N5O3/c1-14(2)15-7-9-16(10-8-15)22-27-21(32-28-22)13-29-23(30)20(26-24(29)31)11-17-12-25-19-6-4-3-5-18(17)19/h3-10,12,14,20,25H,11,13H2,1-2H3,(H,26,31). The molecule has 2 aromatic heterocycles. The molecule has 0 spiro atoms. The molecule has 0 saturated carbocycles. The van der Waals surface area contributed by atoms with Crippen LogP contribution in [0.3, 0.4) is 0 Å². The zero-order valence-corrected chi connectivity index (χ0v) is 17.8. The Bertz CT molecular complexity index is 1290. The van der Waals surface area contributed by atoms with E-state index in [0.717, 1.165) is 26.9 Å². The third-order valence-corrected chi connectivity index (χ3v) is 5.80. The molecule has 4 aromatic rings. The first-order valence-electron chi connectivity index (χ1n) is 10.6. The number of rotatable bonds is 6. The second kappa shape index (κ2) is 7.96. The summed E-state index contributed by atoms with van der Waals surface area (Å²) in [5, 5.41) is 7.81. The third-order valence-electron chi connectivity index (χ3n) is 5.80. The summed E-state index contributed by atoms with van der Waals surface area (Å²) in [6.07, 6.45) is 2.28. The average molecular weight is 429 g/mol. The molecule has 5 rings (SSSR count). The molecule has 0 radical (unpaired) electrons. The van der Waals surface area contributed by atoms with E-state index in [1.807, 2.05) is 54.7 Å². The van der Waals surface area contributed by atoms with Gasteiger partial charge in [0.15, 0.2) is 0 Å². The number of benzene rings is 2. The van der Waals surface area contributed by atoms with Gasteiger partial charge in [-0.15, -0.1) is 0 Å². The SMILES string of the molecule is CC(C)c1ccc(-c2noc(CN3C(=O)NC(Cc4c[nH]c5ccccc45)C3=O)n2)cc1. The quantitative estimate of drug-likeness (QED) is 0.451. The van der Waals surface area contributed by atoms with E-state index < -0.39 is 12.1 Å². The van der Waals surface area contributed by atoms with E-state index in [0.29, 0.717) is 18.2 Å². The number of fused-ring (bicyclic) bond motifs is 1. The molecular weight excluding hydrogens is 406 g/mol. The Balaban J connectivity index is 1.29. The van der Waals surface area contributed by atoms with E-state index in [4.69, 9.17) is 4.52 Å². The van der Waals surface area contributed by atoms with Crippen LogP contribution in [-0.2, 0) is 17.8 Å². The van der Waals surface area contributed by atoms with E-state index in [1.54, 1.807) is 0 Å². The van der Waals surface area contributed by atoms with E-state index in [9.17, 15) is 9.59 Å². The summed E-state index contributed by atoms with van der Waals surface area (Å²) in [6.45, 7) is 4.20. The van der Waals surface area contributed by atoms with Crippen molar-refractivity contribution >= 4 is 22.8 Å². The Hall–Kier alpha value is -3.94. The van der Waals surface area contributed by atoms with Crippen LogP contribution in [0.5, 0.6) is 0 Å². The maximum absolute atomic E-state index is 12.9. The Labute approximate surface area is 184 Å². The number of H-pyrrole nitrogens is 1. The number of para-hydroxylation sites is 1. The molecular formula is C24H23N5O3. The van der Waals surface area contributed by atoms with E-state index in [1.165, 1.54) is 5.56 Å². The van der Waals surface area contributed by atoms with Crippen LogP contribution >= 0.6 is 0 Å². The van der Waals surface area contributed by atoms with E-state index >= 15 is 0 Å². The highest BCUT2D eigenvalue weighted by Gasteiger charge is 2.39. The third kappa shape index (κ3) is 3.64. The lowest BCUT2D eigenvalue weighted by Crippen LogP contribution is -2.32. The largest absolute Gasteiger partial charge is 0.361 e. The van der Waals surface area contributed by atoms with Crippen LogP contribution in [0.2, 0.25) is 0 Å². The van der Waals surface area contributed by atoms with Crippen molar-refractivity contribution in [3.63, 3.8) is 0 Å². The molecule has 162 valence electrons. The first-order valence-corrected chi connectivity index (χ1v) is 10.6. The zero-order valence-electron chi connectivity index (χ0n) is 17.8.